The van der Waals surface area contributed by atoms with Crippen molar-refractivity contribution in [1.82, 2.24) is 5.32 Å². The number of aliphatic carboxylic acids is 1. The smallest absolute Gasteiger partial charge is 0.307 e. The number of carboxylic acids is 1. The quantitative estimate of drug-likeness (QED) is 0.812. The molecule has 0 aromatic heterocycles. The third-order valence-corrected chi connectivity index (χ3v) is 3.68. The van der Waals surface area contributed by atoms with Crippen LogP contribution in [0.2, 0.25) is 0 Å². The van der Waals surface area contributed by atoms with E-state index in [-0.39, 0.29) is 6.42 Å². The van der Waals surface area contributed by atoms with E-state index in [4.69, 9.17) is 5.11 Å². The zero-order valence-electron chi connectivity index (χ0n) is 10.7. The van der Waals surface area contributed by atoms with E-state index in [1.54, 1.807) is 0 Å². The maximum absolute atomic E-state index is 10.8. The fourth-order valence-corrected chi connectivity index (χ4v) is 2.69. The zero-order valence-corrected chi connectivity index (χ0v) is 10.7. The molecule has 1 aromatic rings. The lowest BCUT2D eigenvalue weighted by Crippen LogP contribution is -2.21. The minimum Gasteiger partial charge on any atom is -0.481 e. The topological polar surface area (TPSA) is 49.3 Å². The molecule has 0 saturated heterocycles. The van der Waals surface area contributed by atoms with Crippen LogP contribution in [-0.4, -0.2) is 17.6 Å². The van der Waals surface area contributed by atoms with Crippen LogP contribution >= 0.6 is 0 Å². The van der Waals surface area contributed by atoms with Crippen molar-refractivity contribution in [3.05, 3.63) is 35.4 Å². The standard InChI is InChI=1S/C15H21NO2/c17-15(18)9-13-7-3-4-8-14(13)11-16-10-12-5-1-2-6-12/h3-4,7-8,12,16H,1-2,5-6,9-11H2,(H,17,18). The summed E-state index contributed by atoms with van der Waals surface area (Å²) in [6.45, 7) is 1.83. The van der Waals surface area contributed by atoms with Gasteiger partial charge in [0.15, 0.2) is 0 Å². The minimum absolute atomic E-state index is 0.112. The van der Waals surface area contributed by atoms with Gasteiger partial charge in [0.05, 0.1) is 6.42 Å². The van der Waals surface area contributed by atoms with Gasteiger partial charge in [-0.05, 0) is 36.4 Å². The molecular formula is C15H21NO2. The maximum atomic E-state index is 10.8. The summed E-state index contributed by atoms with van der Waals surface area (Å²) >= 11 is 0. The summed E-state index contributed by atoms with van der Waals surface area (Å²) < 4.78 is 0. The monoisotopic (exact) mass is 247 g/mol. The Bertz CT molecular complexity index is 397. The van der Waals surface area contributed by atoms with E-state index in [2.05, 4.69) is 5.32 Å². The van der Waals surface area contributed by atoms with E-state index in [1.807, 2.05) is 24.3 Å². The molecule has 98 valence electrons. The maximum Gasteiger partial charge on any atom is 0.307 e. The average Bonchev–Trinajstić information content (AvgIpc) is 2.84. The van der Waals surface area contributed by atoms with Crippen LogP contribution < -0.4 is 5.32 Å². The number of rotatable bonds is 6. The molecule has 1 aromatic carbocycles. The second kappa shape index (κ2) is 6.55. The summed E-state index contributed by atoms with van der Waals surface area (Å²) in [7, 11) is 0. The molecule has 0 unspecified atom stereocenters. The molecule has 0 bridgehead atoms. The second-order valence-corrected chi connectivity index (χ2v) is 5.12. The molecule has 0 aliphatic heterocycles. The van der Waals surface area contributed by atoms with E-state index < -0.39 is 5.97 Å². The van der Waals surface area contributed by atoms with Crippen LogP contribution in [0, 0.1) is 5.92 Å². The molecule has 2 N–H and O–H groups in total. The Balaban J connectivity index is 1.85. The van der Waals surface area contributed by atoms with Crippen LogP contribution in [0.4, 0.5) is 0 Å². The summed E-state index contributed by atoms with van der Waals surface area (Å²) in [6, 6.07) is 7.79. The molecule has 1 fully saturated rings. The molecule has 18 heavy (non-hydrogen) atoms. The Hall–Kier alpha value is -1.35. The second-order valence-electron chi connectivity index (χ2n) is 5.12. The molecule has 1 aliphatic carbocycles. The predicted molar refractivity (Wildman–Crippen MR) is 71.4 cm³/mol. The molecule has 0 heterocycles. The van der Waals surface area contributed by atoms with Gasteiger partial charge in [0.2, 0.25) is 0 Å². The number of hydrogen-bond donors (Lipinski definition) is 2. The molecule has 1 aliphatic rings. The first-order chi connectivity index (χ1) is 8.75. The number of hydrogen-bond acceptors (Lipinski definition) is 2. The van der Waals surface area contributed by atoms with Crippen LogP contribution in [-0.2, 0) is 17.8 Å². The largest absolute Gasteiger partial charge is 0.481 e. The van der Waals surface area contributed by atoms with Crippen LogP contribution in [0.1, 0.15) is 36.8 Å². The number of carboxylic acid groups (broad SMARTS) is 1. The van der Waals surface area contributed by atoms with Gasteiger partial charge < -0.3 is 10.4 Å². The van der Waals surface area contributed by atoms with Gasteiger partial charge in [-0.3, -0.25) is 4.79 Å². The lowest BCUT2D eigenvalue weighted by Gasteiger charge is -2.12. The van der Waals surface area contributed by atoms with Crippen molar-refractivity contribution >= 4 is 5.97 Å². The molecule has 0 radical (unpaired) electrons. The summed E-state index contributed by atoms with van der Waals surface area (Å²) in [5, 5.41) is 12.3. The fourth-order valence-electron chi connectivity index (χ4n) is 2.69. The van der Waals surface area contributed by atoms with Gasteiger partial charge in [-0.15, -0.1) is 0 Å². The van der Waals surface area contributed by atoms with E-state index >= 15 is 0 Å². The normalized spacial score (nSPS) is 16.0. The molecule has 3 nitrogen and oxygen atoms in total. The van der Waals surface area contributed by atoms with E-state index in [9.17, 15) is 4.79 Å². The van der Waals surface area contributed by atoms with Crippen LogP contribution in [0.25, 0.3) is 0 Å². The fraction of sp³-hybridized carbons (Fsp3) is 0.533. The molecule has 0 atom stereocenters. The number of nitrogens with one attached hydrogen (secondary N) is 1. The molecule has 3 heteroatoms. The summed E-state index contributed by atoms with van der Waals surface area (Å²) in [4.78, 5) is 10.8. The third kappa shape index (κ3) is 3.84. The third-order valence-electron chi connectivity index (χ3n) is 3.68. The van der Waals surface area contributed by atoms with Gasteiger partial charge in [0.1, 0.15) is 0 Å². The predicted octanol–water partition coefficient (Wildman–Crippen LogP) is 2.59. The summed E-state index contributed by atoms with van der Waals surface area (Å²) in [6.07, 6.45) is 5.51. The van der Waals surface area contributed by atoms with Crippen LogP contribution in [0.3, 0.4) is 0 Å². The first kappa shape index (κ1) is 13.1. The first-order valence-electron chi connectivity index (χ1n) is 6.75. The van der Waals surface area contributed by atoms with Crippen molar-refractivity contribution < 1.29 is 9.90 Å². The Labute approximate surface area is 108 Å². The van der Waals surface area contributed by atoms with Gasteiger partial charge in [-0.1, -0.05) is 37.1 Å². The van der Waals surface area contributed by atoms with Crippen molar-refractivity contribution in [3.63, 3.8) is 0 Å². The van der Waals surface area contributed by atoms with Crippen molar-refractivity contribution in [2.45, 2.75) is 38.6 Å². The number of carbonyl (C=O) groups is 1. The van der Waals surface area contributed by atoms with Gasteiger partial charge in [0.25, 0.3) is 0 Å². The highest BCUT2D eigenvalue weighted by atomic mass is 16.4. The highest BCUT2D eigenvalue weighted by Gasteiger charge is 2.14. The van der Waals surface area contributed by atoms with Gasteiger partial charge >= 0.3 is 5.97 Å². The Morgan fingerprint density at radius 2 is 1.89 bits per heavy atom. The molecule has 0 amide bonds. The van der Waals surface area contributed by atoms with E-state index in [0.29, 0.717) is 0 Å². The molecule has 2 rings (SSSR count). The Morgan fingerprint density at radius 1 is 1.22 bits per heavy atom. The average molecular weight is 247 g/mol. The molecular weight excluding hydrogens is 226 g/mol. The van der Waals surface area contributed by atoms with Crippen molar-refractivity contribution in [1.29, 1.82) is 0 Å². The molecule has 1 saturated carbocycles. The van der Waals surface area contributed by atoms with Crippen LogP contribution in [0.15, 0.2) is 24.3 Å². The van der Waals surface area contributed by atoms with Gasteiger partial charge in [0, 0.05) is 6.54 Å². The van der Waals surface area contributed by atoms with E-state index in [0.717, 1.165) is 30.1 Å². The van der Waals surface area contributed by atoms with Gasteiger partial charge in [-0.2, -0.15) is 0 Å². The highest BCUT2D eigenvalue weighted by molar-refractivity contribution is 5.70. The number of benzene rings is 1. The van der Waals surface area contributed by atoms with Crippen molar-refractivity contribution in [2.75, 3.05) is 6.54 Å². The lowest BCUT2D eigenvalue weighted by atomic mass is 10.0. The van der Waals surface area contributed by atoms with E-state index in [1.165, 1.54) is 25.7 Å². The molecule has 0 spiro atoms. The zero-order chi connectivity index (χ0) is 12.8. The van der Waals surface area contributed by atoms with Gasteiger partial charge in [-0.25, -0.2) is 0 Å². The van der Waals surface area contributed by atoms with Crippen molar-refractivity contribution in [3.8, 4) is 0 Å². The Kier molecular flexibility index (Phi) is 4.76. The SMILES string of the molecule is O=C(O)Cc1ccccc1CNCC1CCCC1. The lowest BCUT2D eigenvalue weighted by molar-refractivity contribution is -0.136. The Morgan fingerprint density at radius 3 is 2.56 bits per heavy atom. The summed E-state index contributed by atoms with van der Waals surface area (Å²) in [5.74, 6) is 0.0508. The highest BCUT2D eigenvalue weighted by Crippen LogP contribution is 2.23. The minimum atomic E-state index is -0.766. The van der Waals surface area contributed by atoms with Crippen LogP contribution in [0.5, 0.6) is 0 Å². The summed E-state index contributed by atoms with van der Waals surface area (Å²) in [5.41, 5.74) is 2.03. The first-order valence-corrected chi connectivity index (χ1v) is 6.75. The van der Waals surface area contributed by atoms with Crippen molar-refractivity contribution in [2.24, 2.45) is 5.92 Å².